The first kappa shape index (κ1) is 11.2. The van der Waals surface area contributed by atoms with Gasteiger partial charge in [0.1, 0.15) is 0 Å². The molecule has 92 valence electrons. The summed E-state index contributed by atoms with van der Waals surface area (Å²) in [5.74, 6) is 0.848. The van der Waals surface area contributed by atoms with E-state index in [0.717, 1.165) is 19.0 Å². The molecular weight excluding hydrogens is 208 g/mol. The quantitative estimate of drug-likeness (QED) is 0.837. The van der Waals surface area contributed by atoms with E-state index < -0.39 is 0 Å². The van der Waals surface area contributed by atoms with Crippen LogP contribution in [0, 0.1) is 5.92 Å². The van der Waals surface area contributed by atoms with Gasteiger partial charge in [0.2, 0.25) is 0 Å². The third-order valence-electron chi connectivity index (χ3n) is 4.07. The minimum Gasteiger partial charge on any atom is -0.316 e. The number of rotatable bonds is 2. The van der Waals surface area contributed by atoms with E-state index in [1.165, 1.54) is 43.5 Å². The molecule has 1 aromatic carbocycles. The molecule has 2 aliphatic rings. The Morgan fingerprint density at radius 1 is 1.29 bits per heavy atom. The Morgan fingerprint density at radius 2 is 2.18 bits per heavy atom. The van der Waals surface area contributed by atoms with Gasteiger partial charge in [0.05, 0.1) is 0 Å². The second kappa shape index (κ2) is 4.79. The van der Waals surface area contributed by atoms with Gasteiger partial charge in [-0.05, 0) is 62.0 Å². The lowest BCUT2D eigenvalue weighted by molar-refractivity contribution is 0.353. The van der Waals surface area contributed by atoms with Gasteiger partial charge in [0, 0.05) is 13.1 Å². The van der Waals surface area contributed by atoms with Gasteiger partial charge in [-0.1, -0.05) is 18.2 Å². The van der Waals surface area contributed by atoms with Crippen molar-refractivity contribution in [3.63, 3.8) is 0 Å². The zero-order valence-electron chi connectivity index (χ0n) is 10.7. The molecule has 0 aromatic heterocycles. The summed E-state index contributed by atoms with van der Waals surface area (Å²) >= 11 is 0. The second-order valence-corrected chi connectivity index (χ2v) is 5.69. The average Bonchev–Trinajstić information content (AvgIpc) is 2.70. The van der Waals surface area contributed by atoms with Crippen molar-refractivity contribution >= 4 is 0 Å². The molecule has 2 heteroatoms. The predicted molar refractivity (Wildman–Crippen MR) is 70.9 cm³/mol. The normalized spacial score (nSPS) is 24.9. The van der Waals surface area contributed by atoms with Gasteiger partial charge >= 0.3 is 0 Å². The number of nitrogens with zero attached hydrogens (tertiary/aromatic N) is 1. The standard InChI is InChI=1S/C15H22N2/c1-17-10-14-5-4-12(8-15(14)11-17)7-13-3-2-6-16-9-13/h4-5,8,13,16H,2-3,6-7,9-11H2,1H3. The van der Waals surface area contributed by atoms with Gasteiger partial charge in [0.15, 0.2) is 0 Å². The summed E-state index contributed by atoms with van der Waals surface area (Å²) in [4.78, 5) is 2.39. The molecule has 0 bridgehead atoms. The van der Waals surface area contributed by atoms with Crippen molar-refractivity contribution in [1.82, 2.24) is 10.2 Å². The lowest BCUT2D eigenvalue weighted by Crippen LogP contribution is -2.30. The molecule has 17 heavy (non-hydrogen) atoms. The van der Waals surface area contributed by atoms with Crippen molar-refractivity contribution in [2.24, 2.45) is 5.92 Å². The van der Waals surface area contributed by atoms with Crippen LogP contribution in [0.15, 0.2) is 18.2 Å². The Kier molecular flexibility index (Phi) is 3.17. The molecule has 1 aromatic rings. The smallest absolute Gasteiger partial charge is 0.0237 e. The lowest BCUT2D eigenvalue weighted by atomic mass is 9.91. The Morgan fingerprint density at radius 3 is 3.00 bits per heavy atom. The molecule has 1 saturated heterocycles. The predicted octanol–water partition coefficient (Wildman–Crippen LogP) is 2.17. The summed E-state index contributed by atoms with van der Waals surface area (Å²) in [6, 6.07) is 7.12. The molecule has 1 N–H and O–H groups in total. The minimum atomic E-state index is 0.848. The van der Waals surface area contributed by atoms with E-state index in [9.17, 15) is 0 Å². The molecule has 0 spiro atoms. The van der Waals surface area contributed by atoms with E-state index in [2.05, 4.69) is 35.5 Å². The summed E-state index contributed by atoms with van der Waals surface area (Å²) < 4.78 is 0. The fraction of sp³-hybridized carbons (Fsp3) is 0.600. The van der Waals surface area contributed by atoms with Crippen molar-refractivity contribution in [3.05, 3.63) is 34.9 Å². The first-order valence-corrected chi connectivity index (χ1v) is 6.81. The Balaban J connectivity index is 1.69. The highest BCUT2D eigenvalue weighted by Crippen LogP contribution is 2.24. The van der Waals surface area contributed by atoms with Crippen LogP contribution in [0.2, 0.25) is 0 Å². The zero-order chi connectivity index (χ0) is 11.7. The van der Waals surface area contributed by atoms with Crippen molar-refractivity contribution in [1.29, 1.82) is 0 Å². The van der Waals surface area contributed by atoms with Gasteiger partial charge in [-0.15, -0.1) is 0 Å². The van der Waals surface area contributed by atoms with E-state index in [1.54, 1.807) is 5.56 Å². The highest BCUT2D eigenvalue weighted by atomic mass is 15.1. The van der Waals surface area contributed by atoms with Gasteiger partial charge < -0.3 is 5.32 Å². The number of nitrogens with one attached hydrogen (secondary N) is 1. The summed E-state index contributed by atoms with van der Waals surface area (Å²) in [5, 5.41) is 3.51. The van der Waals surface area contributed by atoms with Gasteiger partial charge in [-0.25, -0.2) is 0 Å². The molecular formula is C15H22N2. The van der Waals surface area contributed by atoms with Crippen LogP contribution in [0.25, 0.3) is 0 Å². The Labute approximate surface area is 104 Å². The molecule has 2 heterocycles. The number of benzene rings is 1. The Hall–Kier alpha value is -0.860. The minimum absolute atomic E-state index is 0.848. The molecule has 0 radical (unpaired) electrons. The molecule has 0 saturated carbocycles. The first-order chi connectivity index (χ1) is 8.31. The molecule has 2 aliphatic heterocycles. The topological polar surface area (TPSA) is 15.3 Å². The van der Waals surface area contributed by atoms with Gasteiger partial charge in [-0.3, -0.25) is 4.90 Å². The van der Waals surface area contributed by atoms with Crippen LogP contribution in [0.4, 0.5) is 0 Å². The van der Waals surface area contributed by atoms with E-state index >= 15 is 0 Å². The first-order valence-electron chi connectivity index (χ1n) is 6.81. The lowest BCUT2D eigenvalue weighted by Gasteiger charge is -2.22. The van der Waals surface area contributed by atoms with Crippen LogP contribution in [0.5, 0.6) is 0 Å². The molecule has 0 aliphatic carbocycles. The van der Waals surface area contributed by atoms with Crippen molar-refractivity contribution < 1.29 is 0 Å². The van der Waals surface area contributed by atoms with E-state index in [-0.39, 0.29) is 0 Å². The van der Waals surface area contributed by atoms with Crippen LogP contribution in [-0.2, 0) is 19.5 Å². The fourth-order valence-corrected chi connectivity index (χ4v) is 3.18. The van der Waals surface area contributed by atoms with Gasteiger partial charge in [0.25, 0.3) is 0 Å². The number of piperidine rings is 1. The van der Waals surface area contributed by atoms with Gasteiger partial charge in [-0.2, -0.15) is 0 Å². The third kappa shape index (κ3) is 2.53. The molecule has 1 unspecified atom stereocenters. The summed E-state index contributed by atoms with van der Waals surface area (Å²) in [6.45, 7) is 4.68. The monoisotopic (exact) mass is 230 g/mol. The summed E-state index contributed by atoms with van der Waals surface area (Å²) in [7, 11) is 2.20. The molecule has 2 nitrogen and oxygen atoms in total. The maximum Gasteiger partial charge on any atom is 0.0237 e. The maximum absolute atomic E-state index is 3.51. The van der Waals surface area contributed by atoms with E-state index in [1.807, 2.05) is 0 Å². The Bertz CT molecular complexity index is 394. The van der Waals surface area contributed by atoms with Crippen molar-refractivity contribution in [2.75, 3.05) is 20.1 Å². The highest BCUT2D eigenvalue weighted by Gasteiger charge is 2.17. The highest BCUT2D eigenvalue weighted by molar-refractivity contribution is 5.34. The fourth-order valence-electron chi connectivity index (χ4n) is 3.18. The van der Waals surface area contributed by atoms with Crippen LogP contribution in [0.3, 0.4) is 0 Å². The maximum atomic E-state index is 3.51. The third-order valence-corrected chi connectivity index (χ3v) is 4.07. The van der Waals surface area contributed by atoms with Crippen LogP contribution in [-0.4, -0.2) is 25.0 Å². The second-order valence-electron chi connectivity index (χ2n) is 5.69. The van der Waals surface area contributed by atoms with Crippen LogP contribution < -0.4 is 5.32 Å². The van der Waals surface area contributed by atoms with Crippen molar-refractivity contribution in [2.45, 2.75) is 32.4 Å². The zero-order valence-corrected chi connectivity index (χ0v) is 10.7. The number of hydrogen-bond acceptors (Lipinski definition) is 2. The molecule has 1 fully saturated rings. The van der Waals surface area contributed by atoms with Crippen LogP contribution >= 0.6 is 0 Å². The number of fused-ring (bicyclic) bond motifs is 1. The average molecular weight is 230 g/mol. The molecule has 3 rings (SSSR count). The van der Waals surface area contributed by atoms with Crippen LogP contribution in [0.1, 0.15) is 29.5 Å². The molecule has 1 atom stereocenters. The molecule has 0 amide bonds. The van der Waals surface area contributed by atoms with Crippen molar-refractivity contribution in [3.8, 4) is 0 Å². The van der Waals surface area contributed by atoms with E-state index in [4.69, 9.17) is 0 Å². The number of hydrogen-bond donors (Lipinski definition) is 1. The SMILES string of the molecule is CN1Cc2ccc(CC3CCCNC3)cc2C1. The summed E-state index contributed by atoms with van der Waals surface area (Å²) in [5.41, 5.74) is 4.61. The largest absolute Gasteiger partial charge is 0.316 e. The summed E-state index contributed by atoms with van der Waals surface area (Å²) in [6.07, 6.45) is 3.99. The van der Waals surface area contributed by atoms with E-state index in [0.29, 0.717) is 0 Å².